The molecule has 1 fully saturated rings. The molecule has 0 spiro atoms. The van der Waals surface area contributed by atoms with Crippen LogP contribution in [-0.2, 0) is 25.7 Å². The van der Waals surface area contributed by atoms with E-state index in [0.29, 0.717) is 19.1 Å². The molecule has 1 saturated heterocycles. The van der Waals surface area contributed by atoms with E-state index in [9.17, 15) is 21.6 Å². The van der Waals surface area contributed by atoms with Crippen molar-refractivity contribution in [3.8, 4) is 0 Å². The van der Waals surface area contributed by atoms with Gasteiger partial charge in [0.25, 0.3) is 0 Å². The van der Waals surface area contributed by atoms with Gasteiger partial charge in [-0.25, -0.2) is 13.1 Å². The first kappa shape index (κ1) is 17.2. The van der Waals surface area contributed by atoms with Gasteiger partial charge >= 0.3 is 6.18 Å². The van der Waals surface area contributed by atoms with Crippen LogP contribution in [0.4, 0.5) is 13.2 Å². The zero-order valence-corrected chi connectivity index (χ0v) is 12.6. The molecule has 0 radical (unpaired) electrons. The summed E-state index contributed by atoms with van der Waals surface area (Å²) in [4.78, 5) is -0.442. The van der Waals surface area contributed by atoms with Crippen LogP contribution in [0.5, 0.6) is 0 Å². The first-order chi connectivity index (χ1) is 10.2. The van der Waals surface area contributed by atoms with Crippen LogP contribution in [0, 0.1) is 0 Å². The maximum atomic E-state index is 12.7. The van der Waals surface area contributed by atoms with Gasteiger partial charge in [0.15, 0.2) is 0 Å². The van der Waals surface area contributed by atoms with Crippen molar-refractivity contribution in [3.05, 3.63) is 29.8 Å². The quantitative estimate of drug-likeness (QED) is 0.908. The second kappa shape index (κ2) is 6.53. The fourth-order valence-corrected chi connectivity index (χ4v) is 3.51. The number of nitrogens with one attached hydrogen (secondary N) is 1. The van der Waals surface area contributed by atoms with E-state index in [1.165, 1.54) is 7.11 Å². The topological polar surface area (TPSA) is 64.6 Å². The van der Waals surface area contributed by atoms with Crippen LogP contribution in [0.1, 0.15) is 12.0 Å². The van der Waals surface area contributed by atoms with Crippen LogP contribution >= 0.6 is 0 Å². The number of ether oxygens (including phenoxy) is 2. The molecule has 0 aliphatic carbocycles. The van der Waals surface area contributed by atoms with E-state index in [1.54, 1.807) is 0 Å². The van der Waals surface area contributed by atoms with Gasteiger partial charge in [-0.15, -0.1) is 0 Å². The first-order valence-electron chi connectivity index (χ1n) is 6.54. The van der Waals surface area contributed by atoms with Crippen molar-refractivity contribution in [2.45, 2.75) is 29.6 Å². The summed E-state index contributed by atoms with van der Waals surface area (Å²) in [5.74, 6) is 0. The highest BCUT2D eigenvalue weighted by Gasteiger charge is 2.33. The number of methoxy groups -OCH3 is 1. The van der Waals surface area contributed by atoms with Gasteiger partial charge in [-0.1, -0.05) is 6.07 Å². The number of hydrogen-bond donors (Lipinski definition) is 1. The molecule has 1 aliphatic rings. The van der Waals surface area contributed by atoms with E-state index in [2.05, 4.69) is 4.72 Å². The molecule has 124 valence electrons. The van der Waals surface area contributed by atoms with Gasteiger partial charge in [-0.05, 0) is 24.6 Å². The molecule has 9 heteroatoms. The van der Waals surface area contributed by atoms with Crippen molar-refractivity contribution in [1.82, 2.24) is 4.72 Å². The monoisotopic (exact) mass is 339 g/mol. The van der Waals surface area contributed by atoms with Crippen LogP contribution in [-0.4, -0.2) is 40.9 Å². The van der Waals surface area contributed by atoms with E-state index in [4.69, 9.17) is 9.47 Å². The molecule has 0 amide bonds. The van der Waals surface area contributed by atoms with Gasteiger partial charge in [0.1, 0.15) is 0 Å². The molecule has 1 aliphatic heterocycles. The van der Waals surface area contributed by atoms with Crippen molar-refractivity contribution in [2.75, 3.05) is 20.3 Å². The van der Waals surface area contributed by atoms with E-state index in [0.717, 1.165) is 18.2 Å². The number of hydrogen-bond acceptors (Lipinski definition) is 4. The SMILES string of the molecule is CO[C@@H]1CCOC[C@H]1NS(=O)(=O)c1cccc(C(F)(F)F)c1. The van der Waals surface area contributed by atoms with Crippen molar-refractivity contribution >= 4 is 10.0 Å². The zero-order valence-electron chi connectivity index (χ0n) is 11.8. The summed E-state index contributed by atoms with van der Waals surface area (Å²) in [6.45, 7) is 0.553. The number of rotatable bonds is 4. The molecule has 1 N–H and O–H groups in total. The molecule has 0 saturated carbocycles. The lowest BCUT2D eigenvalue weighted by atomic mass is 10.1. The number of sulfonamides is 1. The van der Waals surface area contributed by atoms with Crippen molar-refractivity contribution in [3.63, 3.8) is 0 Å². The van der Waals surface area contributed by atoms with Crippen LogP contribution in [0.3, 0.4) is 0 Å². The smallest absolute Gasteiger partial charge is 0.380 e. The lowest BCUT2D eigenvalue weighted by Gasteiger charge is -2.30. The lowest BCUT2D eigenvalue weighted by Crippen LogP contribution is -2.50. The average Bonchev–Trinajstić information content (AvgIpc) is 2.47. The Kier molecular flexibility index (Phi) is 5.10. The summed E-state index contributed by atoms with van der Waals surface area (Å²) >= 11 is 0. The van der Waals surface area contributed by atoms with Crippen molar-refractivity contribution in [2.24, 2.45) is 0 Å². The Morgan fingerprint density at radius 2 is 2.09 bits per heavy atom. The highest BCUT2D eigenvalue weighted by atomic mass is 32.2. The van der Waals surface area contributed by atoms with Crippen LogP contribution in [0.15, 0.2) is 29.2 Å². The third kappa shape index (κ3) is 3.97. The van der Waals surface area contributed by atoms with E-state index >= 15 is 0 Å². The molecule has 0 unspecified atom stereocenters. The van der Waals surface area contributed by atoms with Crippen molar-refractivity contribution < 1.29 is 31.1 Å². The first-order valence-corrected chi connectivity index (χ1v) is 8.02. The van der Waals surface area contributed by atoms with Crippen molar-refractivity contribution in [1.29, 1.82) is 0 Å². The van der Waals surface area contributed by atoms with Gasteiger partial charge < -0.3 is 9.47 Å². The van der Waals surface area contributed by atoms with E-state index < -0.39 is 32.7 Å². The second-order valence-electron chi connectivity index (χ2n) is 4.89. The summed E-state index contributed by atoms with van der Waals surface area (Å²) in [6, 6.07) is 2.96. The summed E-state index contributed by atoms with van der Waals surface area (Å²) in [7, 11) is -2.65. The zero-order chi connectivity index (χ0) is 16.4. The standard InChI is InChI=1S/C13H16F3NO4S/c1-20-12-5-6-21-8-11(12)17-22(18,19)10-4-2-3-9(7-10)13(14,15)16/h2-4,7,11-12,17H,5-6,8H2,1H3/t11-,12-/m1/s1. The third-order valence-electron chi connectivity index (χ3n) is 3.37. The molecule has 0 aromatic heterocycles. The van der Waals surface area contributed by atoms with E-state index in [-0.39, 0.29) is 12.7 Å². The fourth-order valence-electron chi connectivity index (χ4n) is 2.22. The Bertz CT molecular complexity index is 618. The van der Waals surface area contributed by atoms with E-state index in [1.807, 2.05) is 0 Å². The van der Waals surface area contributed by atoms with Gasteiger partial charge in [-0.3, -0.25) is 0 Å². The minimum atomic E-state index is -4.60. The summed E-state index contributed by atoms with van der Waals surface area (Å²) in [6.07, 6.45) is -4.48. The average molecular weight is 339 g/mol. The predicted octanol–water partition coefficient (Wildman–Crippen LogP) is 1.79. The molecule has 2 atom stereocenters. The van der Waals surface area contributed by atoms with Gasteiger partial charge in [0.2, 0.25) is 10.0 Å². The van der Waals surface area contributed by atoms with Gasteiger partial charge in [0, 0.05) is 13.7 Å². The molecule has 1 aromatic rings. The Balaban J connectivity index is 2.23. The summed E-state index contributed by atoms with van der Waals surface area (Å²) in [5.41, 5.74) is -1.02. The maximum Gasteiger partial charge on any atom is 0.416 e. The molecule has 1 heterocycles. The summed E-state index contributed by atoms with van der Waals surface area (Å²) < 4.78 is 75.2. The minimum absolute atomic E-state index is 0.108. The molecule has 22 heavy (non-hydrogen) atoms. The lowest BCUT2D eigenvalue weighted by molar-refractivity contribution is -0.137. The van der Waals surface area contributed by atoms with Gasteiger partial charge in [-0.2, -0.15) is 13.2 Å². The maximum absolute atomic E-state index is 12.7. The molecule has 1 aromatic carbocycles. The molecular formula is C13H16F3NO4S. The Morgan fingerprint density at radius 1 is 1.36 bits per heavy atom. The van der Waals surface area contributed by atoms with Crippen LogP contribution in [0.25, 0.3) is 0 Å². The highest BCUT2D eigenvalue weighted by molar-refractivity contribution is 7.89. The third-order valence-corrected chi connectivity index (χ3v) is 4.86. The molecule has 5 nitrogen and oxygen atoms in total. The largest absolute Gasteiger partial charge is 0.416 e. The normalized spacial score (nSPS) is 23.5. The molecule has 0 bridgehead atoms. The van der Waals surface area contributed by atoms with Gasteiger partial charge in [0.05, 0.1) is 29.2 Å². The fraction of sp³-hybridized carbons (Fsp3) is 0.538. The number of alkyl halides is 3. The Labute approximate surface area is 126 Å². The number of halogens is 3. The Morgan fingerprint density at radius 3 is 2.73 bits per heavy atom. The molecule has 2 rings (SSSR count). The highest BCUT2D eigenvalue weighted by Crippen LogP contribution is 2.30. The summed E-state index contributed by atoms with van der Waals surface area (Å²) in [5, 5.41) is 0. The van der Waals surface area contributed by atoms with Crippen LogP contribution < -0.4 is 4.72 Å². The minimum Gasteiger partial charge on any atom is -0.380 e. The number of benzene rings is 1. The Hall–Kier alpha value is -1.16. The second-order valence-corrected chi connectivity index (χ2v) is 6.61. The van der Waals surface area contributed by atoms with Crippen LogP contribution in [0.2, 0.25) is 0 Å². The molecular weight excluding hydrogens is 323 g/mol. The predicted molar refractivity (Wildman–Crippen MR) is 71.8 cm³/mol.